The molecule has 2 rings (SSSR count). The maximum absolute atomic E-state index is 12.0. The van der Waals surface area contributed by atoms with Crippen LogP contribution in [0, 0.1) is 0 Å². The number of hydrogen-bond acceptors (Lipinski definition) is 4. The lowest BCUT2D eigenvalue weighted by atomic mass is 10.1. The Balaban J connectivity index is 1.69. The third kappa shape index (κ3) is 6.67. The van der Waals surface area contributed by atoms with Gasteiger partial charge in [-0.15, -0.1) is 0 Å². The molecule has 0 saturated carbocycles. The fourth-order valence-corrected chi connectivity index (χ4v) is 2.51. The molecule has 5 heteroatoms. The number of amides is 1. The van der Waals surface area contributed by atoms with Gasteiger partial charge in [0.2, 0.25) is 5.91 Å². The van der Waals surface area contributed by atoms with Crippen LogP contribution in [-0.2, 0) is 11.2 Å². The molecule has 0 unspecified atom stereocenters. The number of rotatable bonds is 10. The van der Waals surface area contributed by atoms with Crippen LogP contribution in [0.2, 0.25) is 0 Å². The molecule has 0 radical (unpaired) electrons. The first-order valence-electron chi connectivity index (χ1n) is 8.97. The van der Waals surface area contributed by atoms with Crippen LogP contribution in [0.1, 0.15) is 25.8 Å². The molecule has 2 N–H and O–H groups in total. The zero-order valence-electron chi connectivity index (χ0n) is 15.7. The molecule has 26 heavy (non-hydrogen) atoms. The topological polar surface area (TPSA) is 59.6 Å². The van der Waals surface area contributed by atoms with Gasteiger partial charge in [-0.3, -0.25) is 4.79 Å². The Kier molecular flexibility index (Phi) is 7.80. The number of hydrogen-bond donors (Lipinski definition) is 2. The average molecular weight is 356 g/mol. The number of carbonyl (C=O) groups is 1. The van der Waals surface area contributed by atoms with Gasteiger partial charge in [0.25, 0.3) is 0 Å². The van der Waals surface area contributed by atoms with Gasteiger partial charge < -0.3 is 20.1 Å². The van der Waals surface area contributed by atoms with Crippen LogP contribution >= 0.6 is 0 Å². The molecule has 0 fully saturated rings. The molecule has 0 saturated heterocycles. The Morgan fingerprint density at radius 1 is 1.04 bits per heavy atom. The summed E-state index contributed by atoms with van der Waals surface area (Å²) < 4.78 is 10.9. The summed E-state index contributed by atoms with van der Waals surface area (Å²) >= 11 is 0. The molecule has 2 aromatic rings. The number of nitrogens with one attached hydrogen (secondary N) is 2. The van der Waals surface area contributed by atoms with Crippen molar-refractivity contribution < 1.29 is 14.3 Å². The number of methoxy groups -OCH3 is 1. The molecule has 0 aliphatic rings. The molecule has 2 aromatic carbocycles. The maximum Gasteiger partial charge on any atom is 0.221 e. The Morgan fingerprint density at radius 2 is 1.77 bits per heavy atom. The molecule has 0 aromatic heterocycles. The quantitative estimate of drug-likeness (QED) is 0.682. The highest BCUT2D eigenvalue weighted by molar-refractivity contribution is 5.76. The zero-order chi connectivity index (χ0) is 18.8. The fourth-order valence-electron chi connectivity index (χ4n) is 2.51. The highest BCUT2D eigenvalue weighted by atomic mass is 16.5. The van der Waals surface area contributed by atoms with Crippen molar-refractivity contribution in [2.24, 2.45) is 0 Å². The van der Waals surface area contributed by atoms with E-state index in [1.165, 1.54) is 5.56 Å². The molecule has 0 heterocycles. The highest BCUT2D eigenvalue weighted by Crippen LogP contribution is 2.24. The second-order valence-electron chi connectivity index (χ2n) is 6.29. The third-order valence-electron chi connectivity index (χ3n) is 3.81. The minimum atomic E-state index is 0.0354. The molecular weight excluding hydrogens is 328 g/mol. The third-order valence-corrected chi connectivity index (χ3v) is 3.81. The van der Waals surface area contributed by atoms with E-state index in [9.17, 15) is 4.79 Å². The van der Waals surface area contributed by atoms with Crippen molar-refractivity contribution in [1.29, 1.82) is 0 Å². The molecule has 0 atom stereocenters. The second kappa shape index (κ2) is 10.3. The van der Waals surface area contributed by atoms with Crippen molar-refractivity contribution in [3.8, 4) is 11.5 Å². The Bertz CT molecular complexity index is 684. The molecule has 0 aliphatic carbocycles. The van der Waals surface area contributed by atoms with E-state index < -0.39 is 0 Å². The number of carbonyl (C=O) groups excluding carboxylic acids is 1. The number of benzene rings is 2. The van der Waals surface area contributed by atoms with Crippen LogP contribution in [0.15, 0.2) is 48.5 Å². The summed E-state index contributed by atoms with van der Waals surface area (Å²) in [5.41, 5.74) is 2.08. The molecule has 5 nitrogen and oxygen atoms in total. The lowest BCUT2D eigenvalue weighted by molar-refractivity contribution is -0.120. The van der Waals surface area contributed by atoms with Gasteiger partial charge in [0, 0.05) is 19.5 Å². The molecular formula is C21H28N2O3. The van der Waals surface area contributed by atoms with Crippen LogP contribution < -0.4 is 20.1 Å². The van der Waals surface area contributed by atoms with E-state index in [1.807, 2.05) is 62.4 Å². The van der Waals surface area contributed by atoms with E-state index in [0.717, 1.165) is 23.6 Å². The van der Waals surface area contributed by atoms with Crippen molar-refractivity contribution in [2.45, 2.75) is 32.8 Å². The minimum Gasteiger partial charge on any atom is -0.497 e. The Morgan fingerprint density at radius 3 is 2.46 bits per heavy atom. The lowest BCUT2D eigenvalue weighted by Crippen LogP contribution is -2.27. The number of para-hydroxylation sites is 2. The summed E-state index contributed by atoms with van der Waals surface area (Å²) in [6.45, 7) is 5.17. The van der Waals surface area contributed by atoms with Crippen LogP contribution in [0.4, 0.5) is 5.69 Å². The smallest absolute Gasteiger partial charge is 0.221 e. The SMILES string of the molecule is COc1ccc(CCNC(=O)CCNc2ccccc2OC(C)C)cc1. The minimum absolute atomic E-state index is 0.0354. The molecule has 0 aliphatic heterocycles. The first kappa shape index (κ1) is 19.6. The highest BCUT2D eigenvalue weighted by Gasteiger charge is 2.06. The van der Waals surface area contributed by atoms with Crippen LogP contribution in [-0.4, -0.2) is 32.2 Å². The van der Waals surface area contributed by atoms with Crippen molar-refractivity contribution in [1.82, 2.24) is 5.32 Å². The van der Waals surface area contributed by atoms with Crippen LogP contribution in [0.3, 0.4) is 0 Å². The van der Waals surface area contributed by atoms with E-state index in [2.05, 4.69) is 10.6 Å². The first-order chi connectivity index (χ1) is 12.6. The van der Waals surface area contributed by atoms with Crippen LogP contribution in [0.25, 0.3) is 0 Å². The standard InChI is InChI=1S/C21H28N2O3/c1-16(2)26-20-7-5-4-6-19(20)22-15-13-21(24)23-14-12-17-8-10-18(25-3)11-9-17/h4-11,16,22H,12-15H2,1-3H3,(H,23,24). The van der Waals surface area contributed by atoms with E-state index in [-0.39, 0.29) is 12.0 Å². The first-order valence-corrected chi connectivity index (χ1v) is 8.97. The van der Waals surface area contributed by atoms with E-state index >= 15 is 0 Å². The maximum atomic E-state index is 12.0. The van der Waals surface area contributed by atoms with E-state index in [0.29, 0.717) is 19.5 Å². The summed E-state index contributed by atoms with van der Waals surface area (Å²) in [4.78, 5) is 12.0. The van der Waals surface area contributed by atoms with Gasteiger partial charge in [0.15, 0.2) is 0 Å². The van der Waals surface area contributed by atoms with Crippen molar-refractivity contribution >= 4 is 11.6 Å². The summed E-state index contributed by atoms with van der Waals surface area (Å²) in [5, 5.41) is 6.22. The number of anilines is 1. The normalized spacial score (nSPS) is 10.5. The predicted molar refractivity (Wildman–Crippen MR) is 105 cm³/mol. The van der Waals surface area contributed by atoms with E-state index in [4.69, 9.17) is 9.47 Å². The van der Waals surface area contributed by atoms with Gasteiger partial charge in [0.1, 0.15) is 11.5 Å². The number of ether oxygens (including phenoxy) is 2. The summed E-state index contributed by atoms with van der Waals surface area (Å²) in [7, 11) is 1.65. The van der Waals surface area contributed by atoms with Gasteiger partial charge in [-0.05, 0) is 50.1 Å². The molecule has 0 bridgehead atoms. The van der Waals surface area contributed by atoms with Crippen molar-refractivity contribution in [3.63, 3.8) is 0 Å². The van der Waals surface area contributed by atoms with Crippen molar-refractivity contribution in [3.05, 3.63) is 54.1 Å². The fraction of sp³-hybridized carbons (Fsp3) is 0.381. The summed E-state index contributed by atoms with van der Waals surface area (Å²) in [6, 6.07) is 15.7. The Labute approximate surface area is 155 Å². The molecule has 1 amide bonds. The van der Waals surface area contributed by atoms with Crippen molar-refractivity contribution in [2.75, 3.05) is 25.5 Å². The van der Waals surface area contributed by atoms with Gasteiger partial charge >= 0.3 is 0 Å². The molecule has 0 spiro atoms. The van der Waals surface area contributed by atoms with Gasteiger partial charge in [-0.2, -0.15) is 0 Å². The summed E-state index contributed by atoms with van der Waals surface area (Å²) in [5.74, 6) is 1.68. The largest absolute Gasteiger partial charge is 0.497 e. The second-order valence-corrected chi connectivity index (χ2v) is 6.29. The Hall–Kier alpha value is -2.69. The van der Waals surface area contributed by atoms with Gasteiger partial charge in [0.05, 0.1) is 18.9 Å². The monoisotopic (exact) mass is 356 g/mol. The zero-order valence-corrected chi connectivity index (χ0v) is 15.7. The van der Waals surface area contributed by atoms with Gasteiger partial charge in [-0.1, -0.05) is 24.3 Å². The predicted octanol–water partition coefficient (Wildman–Crippen LogP) is 3.64. The lowest BCUT2D eigenvalue weighted by Gasteiger charge is -2.15. The average Bonchev–Trinajstić information content (AvgIpc) is 2.63. The van der Waals surface area contributed by atoms with Gasteiger partial charge in [-0.25, -0.2) is 0 Å². The van der Waals surface area contributed by atoms with E-state index in [1.54, 1.807) is 7.11 Å². The summed E-state index contributed by atoms with van der Waals surface area (Å²) in [6.07, 6.45) is 1.33. The molecule has 140 valence electrons. The van der Waals surface area contributed by atoms with Crippen LogP contribution in [0.5, 0.6) is 11.5 Å².